The van der Waals surface area contributed by atoms with Crippen LogP contribution in [0, 0.1) is 0 Å². The minimum Gasteiger partial charge on any atom is -0.466 e. The van der Waals surface area contributed by atoms with Crippen molar-refractivity contribution in [2.24, 2.45) is 0 Å². The van der Waals surface area contributed by atoms with Crippen LogP contribution in [0.2, 0.25) is 0 Å². The van der Waals surface area contributed by atoms with Crippen LogP contribution >= 0.6 is 0 Å². The molecule has 0 radical (unpaired) electrons. The number of hydrogen-bond acceptors (Lipinski definition) is 6. The van der Waals surface area contributed by atoms with Crippen molar-refractivity contribution in [3.63, 3.8) is 0 Å². The van der Waals surface area contributed by atoms with Crippen LogP contribution in [0.3, 0.4) is 0 Å². The van der Waals surface area contributed by atoms with Crippen LogP contribution in [0.5, 0.6) is 11.5 Å². The molecule has 1 N–H and O–H groups in total. The Morgan fingerprint density at radius 1 is 1.15 bits per heavy atom. The molecule has 0 aromatic heterocycles. The summed E-state index contributed by atoms with van der Waals surface area (Å²) in [5.41, 5.74) is 0.566. The monoisotopic (exact) mass is 376 g/mol. The molecule has 1 aromatic carbocycles. The molecule has 0 spiro atoms. The summed E-state index contributed by atoms with van der Waals surface area (Å²) in [6.45, 7) is 3.35. The number of nitrogens with zero attached hydrogens (tertiary/aromatic N) is 1. The summed E-state index contributed by atoms with van der Waals surface area (Å²) in [7, 11) is 0. The van der Waals surface area contributed by atoms with Gasteiger partial charge in [0.15, 0.2) is 11.5 Å². The van der Waals surface area contributed by atoms with Crippen LogP contribution in [-0.2, 0) is 14.3 Å². The SMILES string of the molecule is CCOC(=O)CCC(=O)NC1CCN(C(=O)c2ccc3c(c2)OCO3)CC1. The van der Waals surface area contributed by atoms with Crippen LogP contribution in [0.25, 0.3) is 0 Å². The van der Waals surface area contributed by atoms with E-state index in [1.54, 1.807) is 30.0 Å². The maximum absolute atomic E-state index is 12.7. The standard InChI is InChI=1S/C19H24N2O6/c1-2-25-18(23)6-5-17(22)20-14-7-9-21(10-8-14)19(24)13-3-4-15-16(11-13)27-12-26-15/h3-4,11,14H,2,5-10,12H2,1H3,(H,20,22). The highest BCUT2D eigenvalue weighted by Gasteiger charge is 2.26. The molecule has 1 fully saturated rings. The fourth-order valence-electron chi connectivity index (χ4n) is 3.19. The Labute approximate surface area is 157 Å². The van der Waals surface area contributed by atoms with Crippen LogP contribution in [0.1, 0.15) is 43.0 Å². The van der Waals surface area contributed by atoms with E-state index in [2.05, 4.69) is 5.32 Å². The van der Waals surface area contributed by atoms with Gasteiger partial charge in [-0.25, -0.2) is 0 Å². The third-order valence-corrected chi connectivity index (χ3v) is 4.63. The van der Waals surface area contributed by atoms with Crippen LogP contribution in [-0.4, -0.2) is 55.2 Å². The largest absolute Gasteiger partial charge is 0.466 e. The van der Waals surface area contributed by atoms with E-state index in [0.717, 1.165) is 0 Å². The number of rotatable bonds is 6. The molecular weight excluding hydrogens is 352 g/mol. The van der Waals surface area contributed by atoms with Crippen molar-refractivity contribution in [1.82, 2.24) is 10.2 Å². The van der Waals surface area contributed by atoms with Crippen molar-refractivity contribution < 1.29 is 28.6 Å². The number of nitrogens with one attached hydrogen (secondary N) is 1. The summed E-state index contributed by atoms with van der Waals surface area (Å²) in [6.07, 6.45) is 1.57. The second-order valence-electron chi connectivity index (χ2n) is 6.51. The van der Waals surface area contributed by atoms with Gasteiger partial charge in [-0.3, -0.25) is 14.4 Å². The highest BCUT2D eigenvalue weighted by atomic mass is 16.7. The first-order valence-electron chi connectivity index (χ1n) is 9.20. The van der Waals surface area contributed by atoms with Gasteiger partial charge in [0.2, 0.25) is 12.7 Å². The molecule has 3 rings (SSSR count). The first-order chi connectivity index (χ1) is 13.1. The van der Waals surface area contributed by atoms with E-state index in [4.69, 9.17) is 14.2 Å². The number of carbonyl (C=O) groups is 3. The van der Waals surface area contributed by atoms with E-state index in [1.807, 2.05) is 0 Å². The van der Waals surface area contributed by atoms with E-state index in [-0.39, 0.29) is 43.5 Å². The predicted molar refractivity (Wildman–Crippen MR) is 95.5 cm³/mol. The average Bonchev–Trinajstić information content (AvgIpc) is 3.14. The van der Waals surface area contributed by atoms with Gasteiger partial charge < -0.3 is 24.4 Å². The number of carbonyl (C=O) groups excluding carboxylic acids is 3. The topological polar surface area (TPSA) is 94.2 Å². The molecule has 0 bridgehead atoms. The molecular formula is C19H24N2O6. The number of hydrogen-bond donors (Lipinski definition) is 1. The first-order valence-corrected chi connectivity index (χ1v) is 9.20. The Morgan fingerprint density at radius 2 is 1.89 bits per heavy atom. The first kappa shape index (κ1) is 19.0. The van der Waals surface area contributed by atoms with Crippen molar-refractivity contribution in [2.45, 2.75) is 38.6 Å². The molecule has 1 saturated heterocycles. The Bertz CT molecular complexity index is 712. The Kier molecular flexibility index (Phi) is 6.16. The Balaban J connectivity index is 1.44. The minimum absolute atomic E-state index is 0.0144. The van der Waals surface area contributed by atoms with Crippen LogP contribution < -0.4 is 14.8 Å². The number of amides is 2. The van der Waals surface area contributed by atoms with Crippen LogP contribution in [0.15, 0.2) is 18.2 Å². The summed E-state index contributed by atoms with van der Waals surface area (Å²) in [4.78, 5) is 37.7. The third kappa shape index (κ3) is 4.90. The summed E-state index contributed by atoms with van der Waals surface area (Å²) < 4.78 is 15.4. The molecule has 0 unspecified atom stereocenters. The number of fused-ring (bicyclic) bond motifs is 1. The van der Waals surface area contributed by atoms with Gasteiger partial charge in [0.1, 0.15) is 0 Å². The maximum Gasteiger partial charge on any atom is 0.306 e. The number of likely N-dealkylation sites (tertiary alicyclic amines) is 1. The van der Waals surface area contributed by atoms with Gasteiger partial charge in [0, 0.05) is 31.1 Å². The van der Waals surface area contributed by atoms with E-state index in [0.29, 0.717) is 49.6 Å². The summed E-state index contributed by atoms with van der Waals surface area (Å²) in [5, 5.41) is 2.93. The number of esters is 1. The zero-order chi connectivity index (χ0) is 19.2. The molecule has 2 aliphatic heterocycles. The normalized spacial score (nSPS) is 16.1. The molecule has 2 amide bonds. The predicted octanol–water partition coefficient (Wildman–Crippen LogP) is 1.48. The van der Waals surface area contributed by atoms with Crippen LogP contribution in [0.4, 0.5) is 0 Å². The van der Waals surface area contributed by atoms with Crippen molar-refractivity contribution in [3.8, 4) is 11.5 Å². The molecule has 146 valence electrons. The number of ether oxygens (including phenoxy) is 3. The number of piperidine rings is 1. The van der Waals surface area contributed by atoms with Gasteiger partial charge >= 0.3 is 5.97 Å². The maximum atomic E-state index is 12.7. The van der Waals surface area contributed by atoms with E-state index in [9.17, 15) is 14.4 Å². The molecule has 1 aromatic rings. The van der Waals surface area contributed by atoms with E-state index < -0.39 is 0 Å². The van der Waals surface area contributed by atoms with E-state index >= 15 is 0 Å². The summed E-state index contributed by atoms with van der Waals surface area (Å²) >= 11 is 0. The smallest absolute Gasteiger partial charge is 0.306 e. The fourth-order valence-corrected chi connectivity index (χ4v) is 3.19. The summed E-state index contributed by atoms with van der Waals surface area (Å²) in [5.74, 6) is 0.654. The molecule has 8 nitrogen and oxygen atoms in total. The lowest BCUT2D eigenvalue weighted by Crippen LogP contribution is -2.46. The highest BCUT2D eigenvalue weighted by Crippen LogP contribution is 2.33. The lowest BCUT2D eigenvalue weighted by molar-refractivity contribution is -0.144. The van der Waals surface area contributed by atoms with E-state index in [1.165, 1.54) is 0 Å². The highest BCUT2D eigenvalue weighted by molar-refractivity contribution is 5.95. The van der Waals surface area contributed by atoms with Crippen molar-refractivity contribution in [2.75, 3.05) is 26.5 Å². The van der Waals surface area contributed by atoms with Crippen molar-refractivity contribution in [3.05, 3.63) is 23.8 Å². The molecule has 0 saturated carbocycles. The minimum atomic E-state index is -0.364. The summed E-state index contributed by atoms with van der Waals surface area (Å²) in [6, 6.07) is 5.19. The van der Waals surface area contributed by atoms with Gasteiger partial charge in [0.25, 0.3) is 5.91 Å². The van der Waals surface area contributed by atoms with Gasteiger partial charge in [-0.2, -0.15) is 0 Å². The molecule has 2 aliphatic rings. The van der Waals surface area contributed by atoms with Gasteiger partial charge in [-0.05, 0) is 38.0 Å². The van der Waals surface area contributed by atoms with Crippen molar-refractivity contribution in [1.29, 1.82) is 0 Å². The second kappa shape index (κ2) is 8.75. The molecule has 0 atom stereocenters. The average molecular weight is 376 g/mol. The molecule has 0 aliphatic carbocycles. The zero-order valence-electron chi connectivity index (χ0n) is 15.4. The van der Waals surface area contributed by atoms with Gasteiger partial charge in [0.05, 0.1) is 13.0 Å². The lowest BCUT2D eigenvalue weighted by Gasteiger charge is -2.32. The number of benzene rings is 1. The zero-order valence-corrected chi connectivity index (χ0v) is 15.4. The lowest BCUT2D eigenvalue weighted by atomic mass is 10.0. The molecule has 27 heavy (non-hydrogen) atoms. The Morgan fingerprint density at radius 3 is 2.63 bits per heavy atom. The third-order valence-electron chi connectivity index (χ3n) is 4.63. The second-order valence-corrected chi connectivity index (χ2v) is 6.51. The molecule has 8 heteroatoms. The van der Waals surface area contributed by atoms with Gasteiger partial charge in [-0.15, -0.1) is 0 Å². The van der Waals surface area contributed by atoms with Crippen molar-refractivity contribution >= 4 is 17.8 Å². The Hall–Kier alpha value is -2.77. The quantitative estimate of drug-likeness (QED) is 0.756. The fraction of sp³-hybridized carbons (Fsp3) is 0.526. The molecule has 2 heterocycles. The van der Waals surface area contributed by atoms with Gasteiger partial charge in [-0.1, -0.05) is 0 Å².